The Labute approximate surface area is 51.3 Å². The molecule has 2 rings (SSSR count). The van der Waals surface area contributed by atoms with E-state index in [1.54, 1.807) is 19.3 Å². The number of fused-ring (bicyclic) bond motifs is 1. The Morgan fingerprint density at radius 2 is 2.50 bits per heavy atom. The molecule has 0 aromatic heterocycles. The van der Waals surface area contributed by atoms with Crippen molar-refractivity contribution in [2.75, 3.05) is 0 Å². The summed E-state index contributed by atoms with van der Waals surface area (Å²) in [6.07, 6.45) is 7.65. The Kier molecular flexibility index (Phi) is 0.778. The summed E-state index contributed by atoms with van der Waals surface area (Å²) in [5.74, 6) is 1.17. The zero-order valence-electron chi connectivity index (χ0n) is 5.61. The Morgan fingerprint density at radius 1 is 1.62 bits per heavy atom. The van der Waals surface area contributed by atoms with E-state index in [-0.39, 0.29) is 0 Å². The second-order valence-electron chi connectivity index (χ2n) is 3.51. The van der Waals surface area contributed by atoms with Gasteiger partial charge in [0, 0.05) is 0 Å². The van der Waals surface area contributed by atoms with Crippen LogP contribution in [-0.4, -0.2) is 0 Å². The molecule has 46 valence electrons. The van der Waals surface area contributed by atoms with Crippen LogP contribution < -0.4 is 0 Å². The van der Waals surface area contributed by atoms with Crippen LogP contribution >= 0.6 is 0 Å². The minimum atomic E-state index is 0.903. The van der Waals surface area contributed by atoms with Crippen LogP contribution in [0.25, 0.3) is 0 Å². The van der Waals surface area contributed by atoms with Crippen molar-refractivity contribution in [1.29, 1.82) is 0 Å². The van der Waals surface area contributed by atoms with Crippen LogP contribution in [0.4, 0.5) is 0 Å². The molecule has 0 aromatic rings. The van der Waals surface area contributed by atoms with Gasteiger partial charge in [0.2, 0.25) is 0 Å². The van der Waals surface area contributed by atoms with Crippen molar-refractivity contribution >= 4 is 0 Å². The van der Waals surface area contributed by atoms with E-state index in [0.29, 0.717) is 0 Å². The molecule has 2 aliphatic rings. The molecule has 0 bridgehead atoms. The monoisotopic (exact) mass is 110 g/mol. The van der Waals surface area contributed by atoms with Crippen LogP contribution in [-0.2, 0) is 0 Å². The standard InChI is InChI=1S/C8H14/c1-2-8-5-3-4-7(8)6-8/h7H,2-6H2,1H3/t7?,8-/m1/s1. The highest BCUT2D eigenvalue weighted by molar-refractivity contribution is 5.05. The van der Waals surface area contributed by atoms with E-state index in [9.17, 15) is 0 Å². The summed E-state index contributed by atoms with van der Waals surface area (Å²) in [6.45, 7) is 2.35. The van der Waals surface area contributed by atoms with Gasteiger partial charge < -0.3 is 0 Å². The molecule has 0 nitrogen and oxygen atoms in total. The topological polar surface area (TPSA) is 0 Å². The predicted octanol–water partition coefficient (Wildman–Crippen LogP) is 2.59. The van der Waals surface area contributed by atoms with Crippen LogP contribution in [0.1, 0.15) is 39.0 Å². The van der Waals surface area contributed by atoms with Gasteiger partial charge in [-0.15, -0.1) is 0 Å². The van der Waals surface area contributed by atoms with E-state index in [2.05, 4.69) is 6.92 Å². The van der Waals surface area contributed by atoms with Crippen LogP contribution in [0.2, 0.25) is 0 Å². The smallest absolute Gasteiger partial charge is 0.0269 e. The van der Waals surface area contributed by atoms with Gasteiger partial charge in [-0.05, 0) is 30.6 Å². The Morgan fingerprint density at radius 3 is 2.75 bits per heavy atom. The highest BCUT2D eigenvalue weighted by atomic mass is 14.6. The molecule has 0 spiro atoms. The molecule has 0 heteroatoms. The molecule has 2 aliphatic carbocycles. The first-order chi connectivity index (χ1) is 3.87. The predicted molar refractivity (Wildman–Crippen MR) is 34.7 cm³/mol. The normalized spacial score (nSPS) is 51.4. The largest absolute Gasteiger partial charge is 0.0648 e. The molecule has 0 N–H and O–H groups in total. The third-order valence-corrected chi connectivity index (χ3v) is 3.29. The first kappa shape index (κ1) is 4.84. The number of hydrogen-bond acceptors (Lipinski definition) is 0. The second-order valence-corrected chi connectivity index (χ2v) is 3.51. The summed E-state index contributed by atoms with van der Waals surface area (Å²) in [6, 6.07) is 0. The van der Waals surface area contributed by atoms with Crippen molar-refractivity contribution in [1.82, 2.24) is 0 Å². The third-order valence-electron chi connectivity index (χ3n) is 3.29. The maximum Gasteiger partial charge on any atom is -0.0269 e. The maximum atomic E-state index is 2.35. The molecule has 8 heavy (non-hydrogen) atoms. The van der Waals surface area contributed by atoms with E-state index in [1.807, 2.05) is 0 Å². The van der Waals surface area contributed by atoms with Gasteiger partial charge in [-0.1, -0.05) is 19.8 Å². The summed E-state index contributed by atoms with van der Waals surface area (Å²) < 4.78 is 0. The average Bonchev–Trinajstić information content (AvgIpc) is 2.38. The highest BCUT2D eigenvalue weighted by Crippen LogP contribution is 2.65. The van der Waals surface area contributed by atoms with E-state index < -0.39 is 0 Å². The summed E-state index contributed by atoms with van der Waals surface area (Å²) >= 11 is 0. The lowest BCUT2D eigenvalue weighted by Gasteiger charge is -2.04. The Hall–Kier alpha value is 0. The van der Waals surface area contributed by atoms with Crippen LogP contribution in [0.15, 0.2) is 0 Å². The van der Waals surface area contributed by atoms with Crippen molar-refractivity contribution in [3.63, 3.8) is 0 Å². The molecule has 0 radical (unpaired) electrons. The molecule has 0 aliphatic heterocycles. The van der Waals surface area contributed by atoms with Gasteiger partial charge in [-0.25, -0.2) is 0 Å². The maximum absolute atomic E-state index is 2.35. The number of hydrogen-bond donors (Lipinski definition) is 0. The fourth-order valence-electron chi connectivity index (χ4n) is 2.46. The minimum absolute atomic E-state index is 0.903. The van der Waals surface area contributed by atoms with Crippen LogP contribution in [0, 0.1) is 11.3 Å². The lowest BCUT2D eigenvalue weighted by Crippen LogP contribution is -1.93. The fourth-order valence-corrected chi connectivity index (χ4v) is 2.46. The SMILES string of the molecule is CC[C@]12CCCC1C2. The van der Waals surface area contributed by atoms with Crippen LogP contribution in [0.5, 0.6) is 0 Å². The average molecular weight is 110 g/mol. The van der Waals surface area contributed by atoms with E-state index in [0.717, 1.165) is 5.41 Å². The molecule has 0 saturated heterocycles. The van der Waals surface area contributed by atoms with Gasteiger partial charge in [0.15, 0.2) is 0 Å². The lowest BCUT2D eigenvalue weighted by atomic mass is 10.0. The molecule has 2 fully saturated rings. The quantitative estimate of drug-likeness (QED) is 0.486. The zero-order chi connectivity index (χ0) is 5.61. The molecular formula is C8H14. The molecule has 1 unspecified atom stereocenters. The first-order valence-corrected chi connectivity index (χ1v) is 3.87. The van der Waals surface area contributed by atoms with Gasteiger partial charge in [0.1, 0.15) is 0 Å². The Balaban J connectivity index is 2.08. The Bertz CT molecular complexity index is 103. The zero-order valence-corrected chi connectivity index (χ0v) is 5.61. The molecule has 0 aromatic carbocycles. The fraction of sp³-hybridized carbons (Fsp3) is 1.00. The summed E-state index contributed by atoms with van der Waals surface area (Å²) in [4.78, 5) is 0. The summed E-state index contributed by atoms with van der Waals surface area (Å²) in [5, 5.41) is 0. The van der Waals surface area contributed by atoms with Crippen molar-refractivity contribution < 1.29 is 0 Å². The minimum Gasteiger partial charge on any atom is -0.0648 e. The van der Waals surface area contributed by atoms with E-state index in [1.165, 1.54) is 18.8 Å². The van der Waals surface area contributed by atoms with Crippen molar-refractivity contribution in [3.8, 4) is 0 Å². The van der Waals surface area contributed by atoms with Crippen LogP contribution in [0.3, 0.4) is 0 Å². The molecule has 0 heterocycles. The highest BCUT2D eigenvalue weighted by Gasteiger charge is 2.54. The molecular weight excluding hydrogens is 96.1 g/mol. The van der Waals surface area contributed by atoms with Crippen molar-refractivity contribution in [2.24, 2.45) is 11.3 Å². The van der Waals surface area contributed by atoms with E-state index in [4.69, 9.17) is 0 Å². The second kappa shape index (κ2) is 1.29. The third kappa shape index (κ3) is 0.416. The summed E-state index contributed by atoms with van der Waals surface area (Å²) in [5.41, 5.74) is 0.903. The van der Waals surface area contributed by atoms with Gasteiger partial charge in [0.25, 0.3) is 0 Å². The van der Waals surface area contributed by atoms with E-state index >= 15 is 0 Å². The summed E-state index contributed by atoms with van der Waals surface area (Å²) in [7, 11) is 0. The molecule has 0 amide bonds. The first-order valence-electron chi connectivity index (χ1n) is 3.87. The van der Waals surface area contributed by atoms with Gasteiger partial charge in [-0.2, -0.15) is 0 Å². The van der Waals surface area contributed by atoms with Gasteiger partial charge in [-0.3, -0.25) is 0 Å². The molecule has 2 atom stereocenters. The van der Waals surface area contributed by atoms with Crippen molar-refractivity contribution in [3.05, 3.63) is 0 Å². The molecule has 2 saturated carbocycles. The number of rotatable bonds is 1. The van der Waals surface area contributed by atoms with Crippen molar-refractivity contribution in [2.45, 2.75) is 39.0 Å². The van der Waals surface area contributed by atoms with Gasteiger partial charge in [0.05, 0.1) is 0 Å². The van der Waals surface area contributed by atoms with Gasteiger partial charge >= 0.3 is 0 Å². The lowest BCUT2D eigenvalue weighted by molar-refractivity contribution is 0.470.